The van der Waals surface area contributed by atoms with Gasteiger partial charge < -0.3 is 9.79 Å². The van der Waals surface area contributed by atoms with Gasteiger partial charge in [0.15, 0.2) is 25.7 Å². The minimum Gasteiger partial charge on any atom is -0.350 e. The highest BCUT2D eigenvalue weighted by Gasteiger charge is 1.85. The molecule has 0 heterocycles. The van der Waals surface area contributed by atoms with E-state index < -0.39 is 8.38 Å². The molecule has 0 radical (unpaired) electrons. The van der Waals surface area contributed by atoms with Crippen LogP contribution in [-0.2, 0) is 0 Å². The van der Waals surface area contributed by atoms with Gasteiger partial charge in [-0.1, -0.05) is 6.92 Å². The molecular weight excluding hydrogens is 114 g/mol. The first-order valence-corrected chi connectivity index (χ1v) is 2.86. The second kappa shape index (κ2) is 5.88. The van der Waals surface area contributed by atoms with Crippen LogP contribution in [0, 0.1) is 0 Å². The Balaban J connectivity index is 0. The van der Waals surface area contributed by atoms with E-state index >= 15 is 0 Å². The molecule has 0 rings (SSSR count). The minimum absolute atomic E-state index is 0. The Morgan fingerprint density at radius 3 is 1.67 bits per heavy atom. The molecule has 0 saturated carbocycles. The third kappa shape index (κ3) is 8.86. The predicted molar refractivity (Wildman–Crippen MR) is 31.8 cm³/mol. The normalized spacial score (nSPS) is 8.00. The highest BCUT2D eigenvalue weighted by atomic mass is 31.2. The maximum atomic E-state index is 7.98. The molecule has 0 fully saturated rings. The summed E-state index contributed by atoms with van der Waals surface area (Å²) < 4.78 is 0. The van der Waals surface area contributed by atoms with Crippen LogP contribution in [0.3, 0.4) is 0 Å². The molecule has 0 aromatic heterocycles. The van der Waals surface area contributed by atoms with E-state index in [1.54, 1.807) is 6.92 Å². The summed E-state index contributed by atoms with van der Waals surface area (Å²) >= 11 is 0. The molecule has 0 saturated heterocycles. The van der Waals surface area contributed by atoms with E-state index in [-0.39, 0.29) is 17.4 Å². The van der Waals surface area contributed by atoms with E-state index in [0.29, 0.717) is 6.16 Å². The van der Waals surface area contributed by atoms with Gasteiger partial charge in [-0.2, -0.15) is 0 Å². The monoisotopic (exact) mass is 124 g/mol. The van der Waals surface area contributed by atoms with Gasteiger partial charge in [0.2, 0.25) is 0 Å². The van der Waals surface area contributed by atoms with E-state index in [1.165, 1.54) is 0 Å². The van der Waals surface area contributed by atoms with Crippen molar-refractivity contribution in [2.45, 2.75) is 6.92 Å². The average Bonchev–Trinajstić information content (AvgIpc) is 1.38. The quantitative estimate of drug-likeness (QED) is 0.352. The Labute approximate surface area is 49.2 Å². The van der Waals surface area contributed by atoms with E-state index in [9.17, 15) is 0 Å². The van der Waals surface area contributed by atoms with Gasteiger partial charge >= 0.3 is 0 Å². The van der Waals surface area contributed by atoms with Gasteiger partial charge in [-0.05, 0) is 0 Å². The van der Waals surface area contributed by atoms with Gasteiger partial charge in [-0.3, -0.25) is 0 Å². The third-order valence-corrected chi connectivity index (χ3v) is 0.849. The lowest BCUT2D eigenvalue weighted by Crippen LogP contribution is -1.67. The Hall–Kier alpha value is 0.882. The Bertz CT molecular complexity index is 25.5. The highest BCUT2D eigenvalue weighted by molar-refractivity contribution is 7.45. The maximum Gasteiger partial charge on any atom is 0.187 e. The van der Waals surface area contributed by atoms with E-state index in [1.807, 2.05) is 0 Å². The summed E-state index contributed by atoms with van der Waals surface area (Å²) in [6.45, 7) is 1.73. The first-order chi connectivity index (χ1) is 2.27. The van der Waals surface area contributed by atoms with Crippen molar-refractivity contribution in [3.8, 4) is 0 Å². The van der Waals surface area contributed by atoms with Crippen LogP contribution in [0.5, 0.6) is 0 Å². The lowest BCUT2D eigenvalue weighted by molar-refractivity contribution is 0.484. The summed E-state index contributed by atoms with van der Waals surface area (Å²) in [6, 6.07) is 0. The first-order valence-electron chi connectivity index (χ1n) is 1.42. The van der Waals surface area contributed by atoms with E-state index in [2.05, 4.69) is 0 Å². The molecule has 0 unspecified atom stereocenters. The molecule has 0 aliphatic heterocycles. The second-order valence-electron chi connectivity index (χ2n) is 0.689. The molecule has 0 amide bonds. The van der Waals surface area contributed by atoms with Crippen molar-refractivity contribution in [2.75, 3.05) is 6.16 Å². The van der Waals surface area contributed by atoms with Crippen LogP contribution < -0.4 is 0 Å². The topological polar surface area (TPSA) is 40.5 Å². The Kier molecular flexibility index (Phi) is 9.79. The number of hydrogen-bond acceptors (Lipinski definition) is 2. The molecule has 0 aromatic carbocycles. The first kappa shape index (κ1) is 9.99. The molecule has 0 aromatic rings. The zero-order valence-corrected chi connectivity index (χ0v) is 3.94. The molecule has 2 N–H and O–H groups in total. The van der Waals surface area contributed by atoms with Crippen LogP contribution in [0.15, 0.2) is 0 Å². The average molecular weight is 124 g/mol. The summed E-state index contributed by atoms with van der Waals surface area (Å²) in [5.74, 6) is 0. The molecule has 2 nitrogen and oxygen atoms in total. The van der Waals surface area contributed by atoms with E-state index in [4.69, 9.17) is 9.79 Å². The molecule has 0 aliphatic rings. The van der Waals surface area contributed by atoms with Crippen molar-refractivity contribution in [2.24, 2.45) is 0 Å². The molecule has 4 heteroatoms. The van der Waals surface area contributed by atoms with Gasteiger partial charge in [-0.15, -0.1) is 0 Å². The Morgan fingerprint density at radius 2 is 1.67 bits per heavy atom. The van der Waals surface area contributed by atoms with Gasteiger partial charge in [-0.25, -0.2) is 0 Å². The summed E-state index contributed by atoms with van der Waals surface area (Å²) in [5.41, 5.74) is 0. The van der Waals surface area contributed by atoms with Crippen molar-refractivity contribution in [1.82, 2.24) is 0 Å². The second-order valence-corrected chi connectivity index (χ2v) is 2.07. The zero-order valence-electron chi connectivity index (χ0n) is 3.05. The van der Waals surface area contributed by atoms with E-state index in [0.717, 1.165) is 0 Å². The number of hydrogen-bond donors (Lipinski definition) is 2. The summed E-state index contributed by atoms with van der Waals surface area (Å²) in [6.07, 6.45) is 0.481. The maximum absolute atomic E-state index is 7.98. The largest absolute Gasteiger partial charge is 0.350 e. The van der Waals surface area contributed by atoms with Crippen LogP contribution in [-0.4, -0.2) is 33.3 Å². The zero-order chi connectivity index (χ0) is 4.28. The molecule has 0 aliphatic carbocycles. The van der Waals surface area contributed by atoms with Crippen molar-refractivity contribution in [1.29, 1.82) is 0 Å². The van der Waals surface area contributed by atoms with Crippen LogP contribution in [0.1, 0.15) is 6.92 Å². The van der Waals surface area contributed by atoms with Crippen LogP contribution in [0.25, 0.3) is 0 Å². The lowest BCUT2D eigenvalue weighted by Gasteiger charge is -1.88. The molecule has 6 heavy (non-hydrogen) atoms. The van der Waals surface area contributed by atoms with Crippen molar-refractivity contribution in [3.63, 3.8) is 0 Å². The molecule has 38 valence electrons. The molecular formula is C2H10AlO2P. The smallest absolute Gasteiger partial charge is 0.187 e. The fourth-order valence-electron chi connectivity index (χ4n) is 0. The highest BCUT2D eigenvalue weighted by Crippen LogP contribution is 2.19. The van der Waals surface area contributed by atoms with Gasteiger partial charge in [0.05, 0.1) is 0 Å². The summed E-state index contributed by atoms with van der Waals surface area (Å²) in [7, 11) is -1.60. The molecule has 0 bridgehead atoms. The van der Waals surface area contributed by atoms with Crippen molar-refractivity contribution >= 4 is 25.7 Å². The van der Waals surface area contributed by atoms with Gasteiger partial charge in [0.1, 0.15) is 0 Å². The summed E-state index contributed by atoms with van der Waals surface area (Å²) in [4.78, 5) is 16.0. The van der Waals surface area contributed by atoms with Crippen LogP contribution >= 0.6 is 8.38 Å². The van der Waals surface area contributed by atoms with Crippen molar-refractivity contribution < 1.29 is 9.79 Å². The molecule has 0 spiro atoms. The fraction of sp³-hybridized carbons (Fsp3) is 1.00. The van der Waals surface area contributed by atoms with Crippen LogP contribution in [0.2, 0.25) is 0 Å². The number of rotatable bonds is 1. The third-order valence-electron chi connectivity index (χ3n) is 0.283. The van der Waals surface area contributed by atoms with Crippen LogP contribution in [0.4, 0.5) is 0 Å². The molecule has 0 atom stereocenters. The lowest BCUT2D eigenvalue weighted by atomic mass is 11.0. The Morgan fingerprint density at radius 1 is 1.50 bits per heavy atom. The predicted octanol–water partition coefficient (Wildman–Crippen LogP) is -0.881. The standard InChI is InChI=1S/C2H7O2P.Al.3H/c1-2-5(3)4;;;;/h3-4H,2H2,1H3;;;;. The van der Waals surface area contributed by atoms with Gasteiger partial charge in [0.25, 0.3) is 0 Å². The summed E-state index contributed by atoms with van der Waals surface area (Å²) in [5, 5.41) is 0. The SMILES string of the molecule is CCP(O)O.[AlH3]. The fourth-order valence-corrected chi connectivity index (χ4v) is 0. The minimum atomic E-state index is -1.60. The van der Waals surface area contributed by atoms with Crippen molar-refractivity contribution in [3.05, 3.63) is 0 Å². The van der Waals surface area contributed by atoms with Gasteiger partial charge in [0, 0.05) is 6.16 Å².